The van der Waals surface area contributed by atoms with Crippen LogP contribution in [0, 0.1) is 0 Å². The molecule has 0 aliphatic heterocycles. The van der Waals surface area contributed by atoms with Crippen LogP contribution in [0.4, 0.5) is 0 Å². The van der Waals surface area contributed by atoms with Gasteiger partial charge in [-0.05, 0) is 18.2 Å². The fourth-order valence-corrected chi connectivity index (χ4v) is 2.76. The van der Waals surface area contributed by atoms with E-state index in [4.69, 9.17) is 11.6 Å². The van der Waals surface area contributed by atoms with Crippen LogP contribution in [-0.4, -0.2) is 15.2 Å². The minimum Gasteiger partial charge on any atom is -0.245 e. The molecule has 0 aliphatic rings. The number of pyridine rings is 1. The van der Waals surface area contributed by atoms with Crippen molar-refractivity contribution in [1.82, 2.24) is 15.2 Å². The highest BCUT2D eigenvalue weighted by molar-refractivity contribution is 7.21. The number of hydrogen-bond donors (Lipinski definition) is 0. The van der Waals surface area contributed by atoms with Gasteiger partial charge < -0.3 is 0 Å². The van der Waals surface area contributed by atoms with Crippen LogP contribution in [0.15, 0.2) is 36.8 Å². The monoisotopic (exact) mass is 247 g/mol. The zero-order valence-corrected chi connectivity index (χ0v) is 9.66. The maximum Gasteiger partial charge on any atom is 0.125 e. The lowest BCUT2D eigenvalue weighted by Crippen LogP contribution is -1.78. The van der Waals surface area contributed by atoms with Gasteiger partial charge in [-0.15, -0.1) is 11.3 Å². The number of fused-ring (bicyclic) bond motifs is 1. The summed E-state index contributed by atoms with van der Waals surface area (Å²) >= 11 is 7.70. The van der Waals surface area contributed by atoms with Crippen molar-refractivity contribution in [3.05, 3.63) is 41.8 Å². The highest BCUT2D eigenvalue weighted by atomic mass is 35.5. The summed E-state index contributed by atoms with van der Waals surface area (Å²) in [5, 5.41) is 9.33. The van der Waals surface area contributed by atoms with Crippen molar-refractivity contribution in [2.45, 2.75) is 0 Å². The Labute approximate surface area is 101 Å². The van der Waals surface area contributed by atoms with E-state index in [1.807, 2.05) is 12.1 Å². The molecule has 3 nitrogen and oxygen atoms in total. The van der Waals surface area contributed by atoms with Crippen molar-refractivity contribution in [3.63, 3.8) is 0 Å². The fourth-order valence-electron chi connectivity index (χ4n) is 1.49. The Kier molecular flexibility index (Phi) is 2.31. The molecular weight excluding hydrogens is 242 g/mol. The van der Waals surface area contributed by atoms with E-state index >= 15 is 0 Å². The highest BCUT2D eigenvalue weighted by Crippen LogP contribution is 2.34. The molecule has 0 spiro atoms. The van der Waals surface area contributed by atoms with Crippen LogP contribution >= 0.6 is 22.9 Å². The smallest absolute Gasteiger partial charge is 0.125 e. The zero-order chi connectivity index (χ0) is 11.0. The van der Waals surface area contributed by atoms with Crippen molar-refractivity contribution in [3.8, 4) is 10.4 Å². The molecule has 3 aromatic heterocycles. The standard InChI is InChI=1S/C11H6ClN3S/c12-9-2-3-13-11-8(9)5-10(16-11)7-1-4-14-15-6-7/h1-6H. The lowest BCUT2D eigenvalue weighted by atomic mass is 10.2. The van der Waals surface area contributed by atoms with Crippen molar-refractivity contribution in [2.24, 2.45) is 0 Å². The van der Waals surface area contributed by atoms with E-state index in [0.717, 1.165) is 25.7 Å². The number of thiophene rings is 1. The summed E-state index contributed by atoms with van der Waals surface area (Å²) in [7, 11) is 0. The molecule has 0 amide bonds. The molecule has 78 valence electrons. The summed E-state index contributed by atoms with van der Waals surface area (Å²) in [5.74, 6) is 0. The third-order valence-corrected chi connectivity index (χ3v) is 3.67. The van der Waals surface area contributed by atoms with Gasteiger partial charge in [-0.3, -0.25) is 0 Å². The molecule has 16 heavy (non-hydrogen) atoms. The van der Waals surface area contributed by atoms with Gasteiger partial charge in [0.1, 0.15) is 4.83 Å². The zero-order valence-electron chi connectivity index (χ0n) is 8.09. The van der Waals surface area contributed by atoms with E-state index < -0.39 is 0 Å². The lowest BCUT2D eigenvalue weighted by molar-refractivity contribution is 1.03. The predicted octanol–water partition coefficient (Wildman–Crippen LogP) is 3.41. The molecule has 0 atom stereocenters. The largest absolute Gasteiger partial charge is 0.245 e. The Morgan fingerprint density at radius 3 is 2.81 bits per heavy atom. The van der Waals surface area contributed by atoms with Crippen LogP contribution in [0.1, 0.15) is 0 Å². The Morgan fingerprint density at radius 1 is 1.12 bits per heavy atom. The molecule has 0 saturated carbocycles. The molecule has 0 aromatic carbocycles. The Bertz CT molecular complexity index is 636. The van der Waals surface area contributed by atoms with E-state index in [1.54, 1.807) is 36.0 Å². The Balaban J connectivity index is 2.23. The third kappa shape index (κ3) is 1.56. The SMILES string of the molecule is Clc1ccnc2sc(-c3ccnnc3)cc12. The third-order valence-electron chi connectivity index (χ3n) is 2.25. The molecule has 0 N–H and O–H groups in total. The van der Waals surface area contributed by atoms with Crippen molar-refractivity contribution in [1.29, 1.82) is 0 Å². The highest BCUT2D eigenvalue weighted by Gasteiger charge is 2.07. The summed E-state index contributed by atoms with van der Waals surface area (Å²) in [6.45, 7) is 0. The maximum absolute atomic E-state index is 6.10. The van der Waals surface area contributed by atoms with Gasteiger partial charge in [0.2, 0.25) is 0 Å². The summed E-state index contributed by atoms with van der Waals surface area (Å²) in [4.78, 5) is 6.33. The first-order chi connectivity index (χ1) is 7.84. The number of nitrogens with zero attached hydrogens (tertiary/aromatic N) is 3. The van der Waals surface area contributed by atoms with Crippen molar-refractivity contribution in [2.75, 3.05) is 0 Å². The molecule has 0 unspecified atom stereocenters. The second kappa shape index (κ2) is 3.81. The van der Waals surface area contributed by atoms with Crippen molar-refractivity contribution >= 4 is 33.2 Å². The normalized spacial score (nSPS) is 10.8. The van der Waals surface area contributed by atoms with E-state index in [9.17, 15) is 0 Å². The molecular formula is C11H6ClN3S. The second-order valence-corrected chi connectivity index (χ2v) is 4.69. The van der Waals surface area contributed by atoms with E-state index in [-0.39, 0.29) is 0 Å². The molecule has 0 radical (unpaired) electrons. The van der Waals surface area contributed by atoms with Crippen LogP contribution in [0.25, 0.3) is 20.7 Å². The van der Waals surface area contributed by atoms with Crippen LogP contribution in [0.2, 0.25) is 5.02 Å². The first-order valence-electron chi connectivity index (χ1n) is 4.66. The minimum absolute atomic E-state index is 0.731. The number of rotatable bonds is 1. The maximum atomic E-state index is 6.10. The molecule has 0 fully saturated rings. The average Bonchev–Trinajstić information content (AvgIpc) is 2.76. The minimum atomic E-state index is 0.731. The topological polar surface area (TPSA) is 38.7 Å². The molecule has 3 heterocycles. The molecule has 0 bridgehead atoms. The van der Waals surface area contributed by atoms with Gasteiger partial charge in [0.05, 0.1) is 17.4 Å². The average molecular weight is 248 g/mol. The van der Waals surface area contributed by atoms with Crippen LogP contribution in [0.3, 0.4) is 0 Å². The van der Waals surface area contributed by atoms with Gasteiger partial charge in [-0.2, -0.15) is 10.2 Å². The molecule has 3 aromatic rings. The van der Waals surface area contributed by atoms with E-state index in [1.165, 1.54) is 0 Å². The summed E-state index contributed by atoms with van der Waals surface area (Å²) in [5.41, 5.74) is 1.04. The summed E-state index contributed by atoms with van der Waals surface area (Å²) in [6, 6.07) is 5.75. The number of hydrogen-bond acceptors (Lipinski definition) is 4. The lowest BCUT2D eigenvalue weighted by Gasteiger charge is -1.91. The summed E-state index contributed by atoms with van der Waals surface area (Å²) in [6.07, 6.45) is 5.13. The Hall–Kier alpha value is -1.52. The van der Waals surface area contributed by atoms with Gasteiger partial charge in [0.25, 0.3) is 0 Å². The molecule has 0 aliphatic carbocycles. The quantitative estimate of drug-likeness (QED) is 0.662. The van der Waals surface area contributed by atoms with Gasteiger partial charge in [-0.1, -0.05) is 11.6 Å². The van der Waals surface area contributed by atoms with E-state index in [2.05, 4.69) is 15.2 Å². The Morgan fingerprint density at radius 2 is 2.06 bits per heavy atom. The predicted molar refractivity (Wildman–Crippen MR) is 65.7 cm³/mol. The summed E-state index contributed by atoms with van der Waals surface area (Å²) < 4.78 is 0. The molecule has 0 saturated heterocycles. The van der Waals surface area contributed by atoms with Gasteiger partial charge in [0.15, 0.2) is 0 Å². The van der Waals surface area contributed by atoms with Crippen molar-refractivity contribution < 1.29 is 0 Å². The first kappa shape index (κ1) is 9.69. The van der Waals surface area contributed by atoms with Gasteiger partial charge in [-0.25, -0.2) is 4.98 Å². The number of halogens is 1. The van der Waals surface area contributed by atoms with Crippen LogP contribution in [0.5, 0.6) is 0 Å². The van der Waals surface area contributed by atoms with Gasteiger partial charge >= 0.3 is 0 Å². The first-order valence-corrected chi connectivity index (χ1v) is 5.85. The van der Waals surface area contributed by atoms with Gasteiger partial charge in [0, 0.05) is 22.0 Å². The molecule has 5 heteroatoms. The van der Waals surface area contributed by atoms with E-state index in [0.29, 0.717) is 0 Å². The fraction of sp³-hybridized carbons (Fsp3) is 0. The molecule has 3 rings (SSSR count). The van der Waals surface area contributed by atoms with Crippen LogP contribution in [-0.2, 0) is 0 Å². The second-order valence-electron chi connectivity index (χ2n) is 3.25. The number of aromatic nitrogens is 3. The van der Waals surface area contributed by atoms with Crippen LogP contribution < -0.4 is 0 Å².